The van der Waals surface area contributed by atoms with Gasteiger partial charge in [0.25, 0.3) is 0 Å². The molecule has 0 aliphatic heterocycles. The molecule has 0 spiro atoms. The van der Waals surface area contributed by atoms with Crippen LogP contribution in [0.4, 0.5) is 4.39 Å². The van der Waals surface area contributed by atoms with Gasteiger partial charge < -0.3 is 9.67 Å². The van der Waals surface area contributed by atoms with Crippen LogP contribution in [0, 0.1) is 0 Å². The highest BCUT2D eigenvalue weighted by Gasteiger charge is 2.15. The van der Waals surface area contributed by atoms with Crippen LogP contribution in [0.5, 0.6) is 0 Å². The Morgan fingerprint density at radius 3 is 2.65 bits per heavy atom. The van der Waals surface area contributed by atoms with Gasteiger partial charge in [0.1, 0.15) is 0 Å². The van der Waals surface area contributed by atoms with E-state index in [4.69, 9.17) is 5.11 Å². The minimum absolute atomic E-state index is 0.112. The zero-order chi connectivity index (χ0) is 12.3. The van der Waals surface area contributed by atoms with Crippen LogP contribution in [0.2, 0.25) is 0 Å². The number of halogens is 1. The van der Waals surface area contributed by atoms with Gasteiger partial charge in [-0.2, -0.15) is 0 Å². The summed E-state index contributed by atoms with van der Waals surface area (Å²) in [7, 11) is 0. The van der Waals surface area contributed by atoms with Gasteiger partial charge in [-0.15, -0.1) is 0 Å². The molecule has 0 radical (unpaired) electrons. The van der Waals surface area contributed by atoms with E-state index in [9.17, 15) is 9.18 Å². The summed E-state index contributed by atoms with van der Waals surface area (Å²) in [5.74, 6) is -1.43. The fourth-order valence-electron chi connectivity index (χ4n) is 1.51. The number of aliphatic carboxylic acids is 1. The first-order valence-corrected chi connectivity index (χ1v) is 5.11. The van der Waals surface area contributed by atoms with Gasteiger partial charge in [0.2, 0.25) is 6.17 Å². The van der Waals surface area contributed by atoms with E-state index in [-0.39, 0.29) is 6.42 Å². The van der Waals surface area contributed by atoms with Crippen molar-refractivity contribution in [2.45, 2.75) is 12.6 Å². The van der Waals surface area contributed by atoms with Crippen molar-refractivity contribution in [2.24, 2.45) is 0 Å². The highest BCUT2D eigenvalue weighted by molar-refractivity contribution is 5.72. The molecule has 0 aliphatic rings. The molecule has 1 heterocycles. The first-order chi connectivity index (χ1) is 8.16. The third-order valence-corrected chi connectivity index (χ3v) is 2.42. The Kier molecular flexibility index (Phi) is 3.18. The molecule has 0 aliphatic carbocycles. The molecule has 1 aromatic heterocycles. The third kappa shape index (κ3) is 2.69. The van der Waals surface area contributed by atoms with E-state index in [1.807, 2.05) is 4.57 Å². The summed E-state index contributed by atoms with van der Waals surface area (Å²) < 4.78 is 14.8. The minimum Gasteiger partial charge on any atom is -0.479 e. The second kappa shape index (κ2) is 4.78. The van der Waals surface area contributed by atoms with E-state index in [2.05, 4.69) is 4.98 Å². The molecule has 4 nitrogen and oxygen atoms in total. The number of imidazole rings is 1. The molecule has 0 amide bonds. The van der Waals surface area contributed by atoms with Crippen molar-refractivity contribution in [3.05, 3.63) is 48.5 Å². The number of rotatable bonds is 4. The molecular weight excluding hydrogens is 223 g/mol. The van der Waals surface area contributed by atoms with Crippen LogP contribution in [0.15, 0.2) is 43.0 Å². The zero-order valence-electron chi connectivity index (χ0n) is 8.95. The van der Waals surface area contributed by atoms with Crippen molar-refractivity contribution >= 4 is 5.97 Å². The van der Waals surface area contributed by atoms with Gasteiger partial charge in [-0.25, -0.2) is 14.2 Å². The van der Waals surface area contributed by atoms with E-state index in [0.717, 1.165) is 5.69 Å². The Morgan fingerprint density at radius 1 is 1.41 bits per heavy atom. The summed E-state index contributed by atoms with van der Waals surface area (Å²) in [6.45, 7) is 0. The Hall–Kier alpha value is -2.17. The molecule has 0 fully saturated rings. The Morgan fingerprint density at radius 2 is 2.12 bits per heavy atom. The fraction of sp³-hybridized carbons (Fsp3) is 0.167. The van der Waals surface area contributed by atoms with Crippen molar-refractivity contribution in [1.82, 2.24) is 9.55 Å². The molecule has 2 aromatic rings. The quantitative estimate of drug-likeness (QED) is 0.878. The number of alkyl halides is 1. The van der Waals surface area contributed by atoms with Gasteiger partial charge in [0.05, 0.1) is 6.33 Å². The molecule has 0 bridgehead atoms. The lowest BCUT2D eigenvalue weighted by atomic mass is 10.1. The molecule has 17 heavy (non-hydrogen) atoms. The highest BCUT2D eigenvalue weighted by Crippen LogP contribution is 2.12. The molecule has 1 aromatic carbocycles. The Bertz CT molecular complexity index is 494. The van der Waals surface area contributed by atoms with Gasteiger partial charge >= 0.3 is 5.97 Å². The summed E-state index contributed by atoms with van der Waals surface area (Å²) in [6.07, 6.45) is 3.15. The number of nitrogens with zero attached hydrogens (tertiary/aromatic N) is 2. The molecule has 1 N–H and O–H groups in total. The summed E-state index contributed by atoms with van der Waals surface area (Å²) >= 11 is 0. The average molecular weight is 234 g/mol. The molecule has 5 heteroatoms. The van der Waals surface area contributed by atoms with Crippen LogP contribution >= 0.6 is 0 Å². The SMILES string of the molecule is O=C(O)C(F)Cc1ccc(-n2ccnc2)cc1. The average Bonchev–Trinajstić information content (AvgIpc) is 2.83. The summed E-state index contributed by atoms with van der Waals surface area (Å²) in [5.41, 5.74) is 1.56. The van der Waals surface area contributed by atoms with E-state index < -0.39 is 12.1 Å². The predicted octanol–water partition coefficient (Wildman–Crippen LogP) is 1.84. The third-order valence-electron chi connectivity index (χ3n) is 2.42. The van der Waals surface area contributed by atoms with Crippen molar-refractivity contribution in [2.75, 3.05) is 0 Å². The maximum atomic E-state index is 13.0. The standard InChI is InChI=1S/C12H11FN2O2/c13-11(12(16)17)7-9-1-3-10(4-2-9)15-6-5-14-8-15/h1-6,8,11H,7H2,(H,16,17). The highest BCUT2D eigenvalue weighted by atomic mass is 19.1. The number of hydrogen-bond acceptors (Lipinski definition) is 2. The lowest BCUT2D eigenvalue weighted by Gasteiger charge is -2.05. The summed E-state index contributed by atoms with van der Waals surface area (Å²) in [6, 6.07) is 7.02. The number of hydrogen-bond donors (Lipinski definition) is 1. The molecule has 0 saturated carbocycles. The molecule has 1 atom stereocenters. The number of carboxylic acids is 1. The van der Waals surface area contributed by atoms with Crippen LogP contribution < -0.4 is 0 Å². The summed E-state index contributed by atoms with van der Waals surface area (Å²) in [4.78, 5) is 14.3. The fourth-order valence-corrected chi connectivity index (χ4v) is 1.51. The smallest absolute Gasteiger partial charge is 0.338 e. The minimum atomic E-state index is -1.85. The second-order valence-corrected chi connectivity index (χ2v) is 3.65. The topological polar surface area (TPSA) is 55.1 Å². The van der Waals surface area contributed by atoms with E-state index in [1.165, 1.54) is 0 Å². The largest absolute Gasteiger partial charge is 0.479 e. The number of carboxylic acid groups (broad SMARTS) is 1. The Balaban J connectivity index is 2.11. The monoisotopic (exact) mass is 234 g/mol. The molecule has 2 rings (SSSR count). The van der Waals surface area contributed by atoms with Crippen molar-refractivity contribution < 1.29 is 14.3 Å². The molecular formula is C12H11FN2O2. The molecule has 88 valence electrons. The van der Waals surface area contributed by atoms with Crippen LogP contribution in [-0.2, 0) is 11.2 Å². The first-order valence-electron chi connectivity index (χ1n) is 5.11. The van der Waals surface area contributed by atoms with Gasteiger partial charge in [0, 0.05) is 24.5 Å². The van der Waals surface area contributed by atoms with Crippen LogP contribution in [0.25, 0.3) is 5.69 Å². The van der Waals surface area contributed by atoms with Gasteiger partial charge in [-0.1, -0.05) is 12.1 Å². The van der Waals surface area contributed by atoms with Crippen LogP contribution in [-0.4, -0.2) is 26.8 Å². The lowest BCUT2D eigenvalue weighted by molar-refractivity contribution is -0.142. The van der Waals surface area contributed by atoms with Crippen molar-refractivity contribution in [3.8, 4) is 5.69 Å². The number of benzene rings is 1. The van der Waals surface area contributed by atoms with Gasteiger partial charge in [0.15, 0.2) is 0 Å². The maximum Gasteiger partial charge on any atom is 0.338 e. The van der Waals surface area contributed by atoms with E-state index in [0.29, 0.717) is 5.56 Å². The van der Waals surface area contributed by atoms with Crippen molar-refractivity contribution in [1.29, 1.82) is 0 Å². The molecule has 1 unspecified atom stereocenters. The van der Waals surface area contributed by atoms with Gasteiger partial charge in [-0.3, -0.25) is 0 Å². The maximum absolute atomic E-state index is 13.0. The first kappa shape index (κ1) is 11.3. The summed E-state index contributed by atoms with van der Waals surface area (Å²) in [5, 5.41) is 8.46. The van der Waals surface area contributed by atoms with Crippen LogP contribution in [0.3, 0.4) is 0 Å². The molecule has 0 saturated heterocycles. The lowest BCUT2D eigenvalue weighted by Crippen LogP contribution is -2.17. The number of aromatic nitrogens is 2. The van der Waals surface area contributed by atoms with E-state index >= 15 is 0 Å². The Labute approximate surface area is 97.3 Å². The predicted molar refractivity (Wildman–Crippen MR) is 59.8 cm³/mol. The van der Waals surface area contributed by atoms with E-state index in [1.54, 1.807) is 43.0 Å². The zero-order valence-corrected chi connectivity index (χ0v) is 8.95. The van der Waals surface area contributed by atoms with Crippen LogP contribution in [0.1, 0.15) is 5.56 Å². The second-order valence-electron chi connectivity index (χ2n) is 3.65. The number of carbonyl (C=O) groups is 1. The van der Waals surface area contributed by atoms with Crippen molar-refractivity contribution in [3.63, 3.8) is 0 Å². The normalized spacial score (nSPS) is 12.3. The van der Waals surface area contributed by atoms with Gasteiger partial charge in [-0.05, 0) is 17.7 Å².